The Morgan fingerprint density at radius 1 is 1.13 bits per heavy atom. The van der Waals surface area contributed by atoms with E-state index in [1.54, 1.807) is 6.07 Å². The van der Waals surface area contributed by atoms with Gasteiger partial charge in [-0.15, -0.1) is 5.46 Å². The third-order valence-corrected chi connectivity index (χ3v) is 2.38. The van der Waals surface area contributed by atoms with Crippen LogP contribution in [0.15, 0.2) is 18.2 Å². The fraction of sp³-hybridized carbons (Fsp3) is 0.333. The molecule has 0 spiro atoms. The number of halogens is 3. The van der Waals surface area contributed by atoms with Gasteiger partial charge in [0.1, 0.15) is 0 Å². The van der Waals surface area contributed by atoms with Crippen LogP contribution in [0.1, 0.15) is 11.1 Å². The molecule has 1 nitrogen and oxygen atoms in total. The number of benzene rings is 1. The SMILES string of the molecule is F[B-](F)(F)c1ccc2c(c1)COCC2.[K+]. The summed E-state index contributed by atoms with van der Waals surface area (Å²) in [5.41, 5.74) is 1.11. The van der Waals surface area contributed by atoms with Crippen molar-refractivity contribution >= 4 is 12.4 Å². The van der Waals surface area contributed by atoms with Gasteiger partial charge in [-0.2, -0.15) is 0 Å². The van der Waals surface area contributed by atoms with Crippen molar-refractivity contribution < 1.29 is 69.1 Å². The Labute approximate surface area is 129 Å². The molecule has 0 amide bonds. The molecule has 0 fully saturated rings. The van der Waals surface area contributed by atoms with Gasteiger partial charge in [0.15, 0.2) is 0 Å². The van der Waals surface area contributed by atoms with Gasteiger partial charge in [-0.05, 0) is 17.5 Å². The van der Waals surface area contributed by atoms with Crippen molar-refractivity contribution in [2.45, 2.75) is 13.0 Å². The van der Waals surface area contributed by atoms with Crippen LogP contribution in [-0.2, 0) is 17.8 Å². The van der Waals surface area contributed by atoms with Crippen LogP contribution >= 0.6 is 0 Å². The third-order valence-electron chi connectivity index (χ3n) is 2.38. The average Bonchev–Trinajstić information content (AvgIpc) is 2.16. The molecule has 1 aromatic carbocycles. The van der Waals surface area contributed by atoms with Crippen LogP contribution < -0.4 is 56.8 Å². The van der Waals surface area contributed by atoms with E-state index >= 15 is 0 Å². The molecule has 0 saturated carbocycles. The van der Waals surface area contributed by atoms with E-state index in [1.807, 2.05) is 0 Å². The molecule has 2 rings (SSSR count). The van der Waals surface area contributed by atoms with Crippen LogP contribution in [0, 0.1) is 0 Å². The molecule has 6 heteroatoms. The summed E-state index contributed by atoms with van der Waals surface area (Å²) in [7, 11) is 0. The van der Waals surface area contributed by atoms with Crippen molar-refractivity contribution in [3.05, 3.63) is 29.3 Å². The summed E-state index contributed by atoms with van der Waals surface area (Å²) >= 11 is 0. The zero-order chi connectivity index (χ0) is 10.2. The second-order valence-electron chi connectivity index (χ2n) is 3.41. The van der Waals surface area contributed by atoms with E-state index in [0.717, 1.165) is 11.6 Å². The van der Waals surface area contributed by atoms with Crippen molar-refractivity contribution in [2.75, 3.05) is 6.61 Å². The van der Waals surface area contributed by atoms with Crippen molar-refractivity contribution in [1.82, 2.24) is 0 Å². The first-order valence-electron chi connectivity index (χ1n) is 4.47. The van der Waals surface area contributed by atoms with E-state index in [1.165, 1.54) is 6.07 Å². The molecule has 0 radical (unpaired) electrons. The van der Waals surface area contributed by atoms with E-state index in [4.69, 9.17) is 4.74 Å². The maximum Gasteiger partial charge on any atom is 1.00 e. The Hall–Kier alpha value is 0.671. The molecular formula is C9H9BF3KO. The molecule has 1 aromatic rings. The van der Waals surface area contributed by atoms with Gasteiger partial charge < -0.3 is 17.7 Å². The largest absolute Gasteiger partial charge is 1.00 e. The van der Waals surface area contributed by atoms with Crippen molar-refractivity contribution in [1.29, 1.82) is 0 Å². The predicted molar refractivity (Wildman–Crippen MR) is 48.5 cm³/mol. The summed E-state index contributed by atoms with van der Waals surface area (Å²) in [6.45, 7) is -3.98. The zero-order valence-corrected chi connectivity index (χ0v) is 11.6. The first-order valence-corrected chi connectivity index (χ1v) is 4.47. The van der Waals surface area contributed by atoms with Gasteiger partial charge >= 0.3 is 58.4 Å². The molecule has 0 atom stereocenters. The summed E-state index contributed by atoms with van der Waals surface area (Å²) in [5, 5.41) is 0. The molecule has 0 aromatic heterocycles. The van der Waals surface area contributed by atoms with E-state index in [2.05, 4.69) is 0 Å². The van der Waals surface area contributed by atoms with Crippen LogP contribution in [0.3, 0.4) is 0 Å². The van der Waals surface area contributed by atoms with Crippen LogP contribution in [0.4, 0.5) is 12.9 Å². The molecule has 1 aliphatic heterocycles. The van der Waals surface area contributed by atoms with Gasteiger partial charge in [-0.25, -0.2) is 0 Å². The van der Waals surface area contributed by atoms with Crippen LogP contribution in [0.5, 0.6) is 0 Å². The van der Waals surface area contributed by atoms with Gasteiger partial charge in [-0.1, -0.05) is 18.2 Å². The fourth-order valence-electron chi connectivity index (χ4n) is 1.59. The van der Waals surface area contributed by atoms with Gasteiger partial charge in [0.05, 0.1) is 13.2 Å². The number of hydrogen-bond acceptors (Lipinski definition) is 1. The summed E-state index contributed by atoms with van der Waals surface area (Å²) in [6, 6.07) is 3.92. The van der Waals surface area contributed by atoms with Gasteiger partial charge in [0.25, 0.3) is 0 Å². The number of hydrogen-bond donors (Lipinski definition) is 0. The normalized spacial score (nSPS) is 15.4. The second-order valence-corrected chi connectivity index (χ2v) is 3.41. The van der Waals surface area contributed by atoms with E-state index < -0.39 is 12.4 Å². The molecule has 1 aliphatic rings. The van der Waals surface area contributed by atoms with Crippen LogP contribution in [0.2, 0.25) is 0 Å². The Bertz CT molecular complexity index is 354. The van der Waals surface area contributed by atoms with E-state index in [9.17, 15) is 12.9 Å². The minimum atomic E-state index is -4.88. The molecule has 1 heterocycles. The van der Waals surface area contributed by atoms with Gasteiger partial charge in [0.2, 0.25) is 0 Å². The first-order chi connectivity index (χ1) is 6.57. The molecule has 0 bridgehead atoms. The molecular weight excluding hydrogens is 231 g/mol. The van der Waals surface area contributed by atoms with Crippen LogP contribution in [-0.4, -0.2) is 13.6 Å². The summed E-state index contributed by atoms with van der Waals surface area (Å²) in [4.78, 5) is 0. The maximum atomic E-state index is 12.4. The van der Waals surface area contributed by atoms with Crippen molar-refractivity contribution in [3.63, 3.8) is 0 Å². The molecule has 0 N–H and O–H groups in total. The minimum absolute atomic E-state index is 0. The Balaban J connectivity index is 0.00000112. The Kier molecular flexibility index (Phi) is 4.89. The first kappa shape index (κ1) is 13.7. The van der Waals surface area contributed by atoms with E-state index in [0.29, 0.717) is 25.2 Å². The Morgan fingerprint density at radius 2 is 1.87 bits per heavy atom. The molecule has 0 unspecified atom stereocenters. The van der Waals surface area contributed by atoms with Gasteiger partial charge in [0, 0.05) is 0 Å². The zero-order valence-electron chi connectivity index (χ0n) is 8.47. The smallest absolute Gasteiger partial charge is 0.445 e. The van der Waals surface area contributed by atoms with Crippen LogP contribution in [0.25, 0.3) is 0 Å². The van der Waals surface area contributed by atoms with Gasteiger partial charge in [-0.3, -0.25) is 0 Å². The number of ether oxygens (including phenoxy) is 1. The van der Waals surface area contributed by atoms with E-state index in [-0.39, 0.29) is 51.4 Å². The number of rotatable bonds is 1. The molecule has 15 heavy (non-hydrogen) atoms. The number of fused-ring (bicyclic) bond motifs is 1. The molecule has 0 saturated heterocycles. The average molecular weight is 240 g/mol. The summed E-state index contributed by atoms with van der Waals surface area (Å²) in [5.74, 6) is 0. The predicted octanol–water partition coefficient (Wildman–Crippen LogP) is -1.18. The standard InChI is InChI=1S/C9H9BF3O.K/c11-10(12,13)9-2-1-7-3-4-14-6-8(7)5-9;/h1-2,5H,3-4,6H2;/q-1;+1. The fourth-order valence-corrected chi connectivity index (χ4v) is 1.59. The monoisotopic (exact) mass is 240 g/mol. The third kappa shape index (κ3) is 3.31. The molecule has 0 aliphatic carbocycles. The summed E-state index contributed by atoms with van der Waals surface area (Å²) in [6.07, 6.45) is 0.709. The van der Waals surface area contributed by atoms with Crippen molar-refractivity contribution in [3.8, 4) is 0 Å². The van der Waals surface area contributed by atoms with Crippen molar-refractivity contribution in [2.24, 2.45) is 0 Å². The topological polar surface area (TPSA) is 9.23 Å². The molecule has 76 valence electrons. The maximum absolute atomic E-state index is 12.4. The second kappa shape index (κ2) is 5.34. The Morgan fingerprint density at radius 3 is 2.53 bits per heavy atom. The quantitative estimate of drug-likeness (QED) is 0.561. The minimum Gasteiger partial charge on any atom is -0.445 e. The summed E-state index contributed by atoms with van der Waals surface area (Å²) < 4.78 is 42.2.